The van der Waals surface area contributed by atoms with Crippen molar-refractivity contribution in [3.05, 3.63) is 90.3 Å². The maximum Gasteiger partial charge on any atom is 0.343 e. The van der Waals surface area contributed by atoms with Gasteiger partial charge in [-0.05, 0) is 86.2 Å². The number of fused-ring (bicyclic) bond motifs is 2. The third-order valence-corrected chi connectivity index (χ3v) is 11.1. The Morgan fingerprint density at radius 3 is 2.25 bits per heavy atom. The van der Waals surface area contributed by atoms with Crippen LogP contribution >= 0.6 is 0 Å². The number of ether oxygens (including phenoxy) is 1. The average molecular weight is 741 g/mol. The molecule has 0 aliphatic carbocycles. The molecule has 3 fully saturated rings. The van der Waals surface area contributed by atoms with Crippen molar-refractivity contribution in [2.75, 3.05) is 49.9 Å². The van der Waals surface area contributed by atoms with Crippen LogP contribution in [-0.4, -0.2) is 97.7 Å². The predicted molar refractivity (Wildman–Crippen MR) is 203 cm³/mol. The fraction of sp³-hybridized carbons (Fsp3) is 0.325. The standard InChI is InChI=1S/C40H40N10O5/c41-36-34-35(26-6-9-30(10-7-26)55-29-4-2-1-3-5-29)45-49(37(34)43-24-42-36)27-14-17-46(18-15-27)23-25-12-19-47(20-13-25)28-8-11-31-32(22-28)39(53)50(38(31)52)48-21-16-33(51)44-40(48)54/h1-11,22,24-25,27H,12-21,23H2,(H2,41,42,43)(H,44,51,54). The zero-order chi connectivity index (χ0) is 37.6. The van der Waals surface area contributed by atoms with Crippen LogP contribution in [0, 0.1) is 5.92 Å². The van der Waals surface area contributed by atoms with Gasteiger partial charge in [0.25, 0.3) is 11.8 Å². The van der Waals surface area contributed by atoms with E-state index < -0.39 is 23.8 Å². The lowest BCUT2D eigenvalue weighted by Gasteiger charge is -2.38. The Bertz CT molecular complexity index is 2300. The molecule has 15 nitrogen and oxygen atoms in total. The second kappa shape index (κ2) is 14.1. The molecule has 4 aliphatic rings. The number of carbonyl (C=O) groups excluding carboxylic acids is 4. The molecule has 0 radical (unpaired) electrons. The van der Waals surface area contributed by atoms with Crippen molar-refractivity contribution in [3.63, 3.8) is 0 Å². The third-order valence-electron chi connectivity index (χ3n) is 11.1. The fourth-order valence-corrected chi connectivity index (χ4v) is 8.22. The van der Waals surface area contributed by atoms with Crippen LogP contribution in [0.25, 0.3) is 22.3 Å². The maximum atomic E-state index is 13.3. The first-order valence-corrected chi connectivity index (χ1v) is 18.7. The molecular weight excluding hydrogens is 701 g/mol. The van der Waals surface area contributed by atoms with Crippen molar-refractivity contribution in [2.24, 2.45) is 5.92 Å². The minimum absolute atomic E-state index is 0.0211. The number of amides is 5. The molecule has 3 N–H and O–H groups in total. The van der Waals surface area contributed by atoms with Gasteiger partial charge in [-0.3, -0.25) is 19.7 Å². The first-order chi connectivity index (χ1) is 26.8. The van der Waals surface area contributed by atoms with Gasteiger partial charge < -0.3 is 20.3 Å². The number of benzene rings is 3. The van der Waals surface area contributed by atoms with Crippen LogP contribution in [0.4, 0.5) is 16.3 Å². The van der Waals surface area contributed by atoms with Gasteiger partial charge >= 0.3 is 6.03 Å². The van der Waals surface area contributed by atoms with Crippen LogP contribution in [-0.2, 0) is 4.79 Å². The number of nitrogens with zero attached hydrogens (tertiary/aromatic N) is 8. The highest BCUT2D eigenvalue weighted by atomic mass is 16.5. The molecular formula is C40H40N10O5. The quantitative estimate of drug-likeness (QED) is 0.208. The van der Waals surface area contributed by atoms with E-state index in [1.165, 1.54) is 6.33 Å². The first-order valence-electron chi connectivity index (χ1n) is 18.7. The molecule has 4 aliphatic heterocycles. The highest BCUT2D eigenvalue weighted by molar-refractivity contribution is 6.22. The van der Waals surface area contributed by atoms with E-state index in [0.717, 1.165) is 108 Å². The molecule has 5 aromatic rings. The molecule has 0 saturated carbocycles. The minimum Gasteiger partial charge on any atom is -0.457 e. The molecule has 9 rings (SSSR count). The number of hydrogen-bond acceptors (Lipinski definition) is 11. The van der Waals surface area contributed by atoms with Crippen LogP contribution in [0.1, 0.15) is 58.9 Å². The fourth-order valence-electron chi connectivity index (χ4n) is 8.22. The van der Waals surface area contributed by atoms with E-state index in [1.807, 2.05) is 65.3 Å². The van der Waals surface area contributed by atoms with Crippen molar-refractivity contribution in [1.29, 1.82) is 0 Å². The number of likely N-dealkylation sites (tertiary alicyclic amines) is 1. The second-order valence-corrected chi connectivity index (χ2v) is 14.5. The number of piperidine rings is 2. The van der Waals surface area contributed by atoms with Crippen LogP contribution in [0.15, 0.2) is 79.1 Å². The van der Waals surface area contributed by atoms with Gasteiger partial charge in [0.2, 0.25) is 5.91 Å². The SMILES string of the molecule is Nc1ncnc2c1c(-c1ccc(Oc3ccccc3)cc1)nn2C1CCN(CC2CCN(c3ccc4c(c3)C(=O)N(N3CCC(=O)NC3=O)C4=O)CC2)CC1. The Labute approximate surface area is 316 Å². The summed E-state index contributed by atoms with van der Waals surface area (Å²) in [5.74, 6) is 0.916. The minimum atomic E-state index is -0.770. The van der Waals surface area contributed by atoms with E-state index in [2.05, 4.69) is 25.1 Å². The summed E-state index contributed by atoms with van der Waals surface area (Å²) >= 11 is 0. The number of nitrogens with one attached hydrogen (secondary N) is 1. The lowest BCUT2D eigenvalue weighted by molar-refractivity contribution is -0.122. The summed E-state index contributed by atoms with van der Waals surface area (Å²) in [4.78, 5) is 64.1. The van der Waals surface area contributed by atoms with Gasteiger partial charge in [-0.15, -0.1) is 0 Å². The zero-order valence-electron chi connectivity index (χ0n) is 30.1. The van der Waals surface area contributed by atoms with E-state index >= 15 is 0 Å². The smallest absolute Gasteiger partial charge is 0.343 e. The van der Waals surface area contributed by atoms with Crippen LogP contribution < -0.4 is 20.7 Å². The van der Waals surface area contributed by atoms with Gasteiger partial charge in [-0.2, -0.15) is 10.1 Å². The summed E-state index contributed by atoms with van der Waals surface area (Å²) in [7, 11) is 0. The summed E-state index contributed by atoms with van der Waals surface area (Å²) in [6.07, 6.45) is 5.43. The molecule has 3 saturated heterocycles. The molecule has 0 atom stereocenters. The van der Waals surface area contributed by atoms with Gasteiger partial charge in [0.05, 0.1) is 29.1 Å². The van der Waals surface area contributed by atoms with Gasteiger partial charge in [0.15, 0.2) is 5.65 Å². The van der Waals surface area contributed by atoms with E-state index in [1.54, 1.807) is 12.1 Å². The molecule has 0 spiro atoms. The van der Waals surface area contributed by atoms with Gasteiger partial charge in [-0.25, -0.2) is 24.5 Å². The summed E-state index contributed by atoms with van der Waals surface area (Å²) in [6.45, 7) is 4.57. The number of urea groups is 1. The van der Waals surface area contributed by atoms with Gasteiger partial charge in [-0.1, -0.05) is 18.2 Å². The maximum absolute atomic E-state index is 13.3. The Balaban J connectivity index is 0.810. The Morgan fingerprint density at radius 2 is 1.51 bits per heavy atom. The van der Waals surface area contributed by atoms with Gasteiger partial charge in [0, 0.05) is 50.4 Å². The van der Waals surface area contributed by atoms with Crippen LogP contribution in [0.2, 0.25) is 0 Å². The lowest BCUT2D eigenvalue weighted by atomic mass is 9.94. The van der Waals surface area contributed by atoms with Crippen LogP contribution in [0.5, 0.6) is 11.5 Å². The number of rotatable bonds is 8. The highest BCUT2D eigenvalue weighted by Gasteiger charge is 2.43. The monoisotopic (exact) mass is 740 g/mol. The van der Waals surface area contributed by atoms with Crippen molar-refractivity contribution >= 4 is 46.3 Å². The second-order valence-electron chi connectivity index (χ2n) is 14.5. The third kappa shape index (κ3) is 6.49. The Hall–Kier alpha value is -6.35. The van der Waals surface area contributed by atoms with Crippen molar-refractivity contribution in [1.82, 2.24) is 40.0 Å². The number of carbonyl (C=O) groups is 4. The Kier molecular flexibility index (Phi) is 8.85. The number of imide groups is 2. The van der Waals surface area contributed by atoms with Crippen molar-refractivity contribution < 1.29 is 23.9 Å². The number of anilines is 2. The van der Waals surface area contributed by atoms with E-state index in [0.29, 0.717) is 11.7 Å². The predicted octanol–water partition coefficient (Wildman–Crippen LogP) is 4.87. The molecule has 15 heteroatoms. The molecule has 3 aromatic carbocycles. The molecule has 5 amide bonds. The summed E-state index contributed by atoms with van der Waals surface area (Å²) in [5, 5.41) is 9.90. The van der Waals surface area contributed by atoms with Crippen molar-refractivity contribution in [3.8, 4) is 22.8 Å². The van der Waals surface area contributed by atoms with E-state index in [-0.39, 0.29) is 30.1 Å². The number of nitrogens with two attached hydrogens (primary N) is 1. The molecule has 55 heavy (non-hydrogen) atoms. The molecule has 0 bridgehead atoms. The summed E-state index contributed by atoms with van der Waals surface area (Å²) in [5.41, 5.74) is 10.3. The molecule has 0 unspecified atom stereocenters. The number of aromatic nitrogens is 4. The molecule has 6 heterocycles. The van der Waals surface area contributed by atoms with Crippen molar-refractivity contribution in [2.45, 2.75) is 38.1 Å². The topological polar surface area (TPSA) is 172 Å². The number of para-hydroxylation sites is 1. The summed E-state index contributed by atoms with van der Waals surface area (Å²) < 4.78 is 8.04. The zero-order valence-corrected chi connectivity index (χ0v) is 30.1. The van der Waals surface area contributed by atoms with E-state index in [9.17, 15) is 19.2 Å². The highest BCUT2D eigenvalue weighted by Crippen LogP contribution is 2.36. The largest absolute Gasteiger partial charge is 0.457 e. The first kappa shape index (κ1) is 34.4. The number of hydrazine groups is 1. The Morgan fingerprint density at radius 1 is 0.782 bits per heavy atom. The molecule has 2 aromatic heterocycles. The summed E-state index contributed by atoms with van der Waals surface area (Å²) in [6, 6.07) is 22.2. The number of hydrogen-bond donors (Lipinski definition) is 2. The van der Waals surface area contributed by atoms with Crippen LogP contribution in [0.3, 0.4) is 0 Å². The average Bonchev–Trinajstić information content (AvgIpc) is 3.71. The van der Waals surface area contributed by atoms with E-state index in [4.69, 9.17) is 15.6 Å². The lowest BCUT2D eigenvalue weighted by Crippen LogP contribution is -2.58. The normalized spacial score (nSPS) is 18.7. The number of nitrogen functional groups attached to an aromatic ring is 1. The molecule has 280 valence electrons. The van der Waals surface area contributed by atoms with Gasteiger partial charge in [0.1, 0.15) is 29.3 Å².